The highest BCUT2D eigenvalue weighted by Crippen LogP contribution is 2.64. The standard InChI is InChI=1S/C11H23OS.C8HF17O3S/c1-6-7-8-10(12)9-13(5)11(2,3)4;9-1(10,3(13,14)5(17,18)7(21,22)23)2(11,12)4(15,16)6(19,20)8(24,25)29(26,27)28/h6-9H2,1-5H3;(H,26,27,28)/q+1;/p-1. The fourth-order valence-corrected chi connectivity index (χ4v) is 3.71. The average Bonchev–Trinajstić information content (AvgIpc) is 2.75. The third-order valence-corrected chi connectivity index (χ3v) is 8.97. The van der Waals surface area contributed by atoms with Crippen molar-refractivity contribution in [1.82, 2.24) is 0 Å². The predicted octanol–water partition coefficient (Wildman–Crippen LogP) is 7.29. The minimum absolute atomic E-state index is 0.230. The smallest absolute Gasteiger partial charge is 0.460 e. The van der Waals surface area contributed by atoms with E-state index in [4.69, 9.17) is 0 Å². The fraction of sp³-hybridized carbons (Fsp3) is 0.947. The molecule has 42 heavy (non-hydrogen) atoms. The molecule has 0 saturated heterocycles. The second-order valence-electron chi connectivity index (χ2n) is 9.45. The monoisotopic (exact) mass is 702 g/mol. The summed E-state index contributed by atoms with van der Waals surface area (Å²) in [5.41, 5.74) is 0. The summed E-state index contributed by atoms with van der Waals surface area (Å²) in [6.07, 6.45) is -2.73. The summed E-state index contributed by atoms with van der Waals surface area (Å²) in [5.74, 6) is -50.9. The van der Waals surface area contributed by atoms with Gasteiger partial charge >= 0.3 is 47.0 Å². The maximum atomic E-state index is 13.0. The lowest BCUT2D eigenvalue weighted by atomic mass is 9.91. The van der Waals surface area contributed by atoms with Crippen LogP contribution < -0.4 is 0 Å². The summed E-state index contributed by atoms with van der Waals surface area (Å²) in [5, 5.41) is -7.95. The van der Waals surface area contributed by atoms with Gasteiger partial charge in [-0.1, -0.05) is 13.3 Å². The van der Waals surface area contributed by atoms with Gasteiger partial charge in [-0.25, -0.2) is 8.42 Å². The number of carbonyl (C=O) groups excluding carboxylic acids is 1. The molecule has 0 spiro atoms. The van der Waals surface area contributed by atoms with Crippen molar-refractivity contribution in [3.63, 3.8) is 0 Å². The van der Waals surface area contributed by atoms with Gasteiger partial charge in [0.25, 0.3) is 0 Å². The molecule has 0 aliphatic heterocycles. The molecule has 0 aromatic carbocycles. The topological polar surface area (TPSA) is 74.3 Å². The summed E-state index contributed by atoms with van der Waals surface area (Å²) in [6.45, 7) is 8.76. The predicted molar refractivity (Wildman–Crippen MR) is 113 cm³/mol. The van der Waals surface area contributed by atoms with Crippen LogP contribution in [0.5, 0.6) is 0 Å². The molecule has 23 heteroatoms. The Kier molecular flexibility index (Phi) is 12.9. The molecule has 0 heterocycles. The Morgan fingerprint density at radius 2 is 0.952 bits per heavy atom. The first kappa shape index (κ1) is 42.9. The van der Waals surface area contributed by atoms with E-state index in [-0.39, 0.29) is 10.9 Å². The third kappa shape index (κ3) is 7.68. The number of Topliss-reactive ketones (excluding diaryl/α,β-unsaturated/α-hetero) is 1. The first-order chi connectivity index (χ1) is 17.9. The van der Waals surface area contributed by atoms with E-state index < -0.39 is 57.1 Å². The Hall–Kier alpha value is -1.26. The second kappa shape index (κ2) is 12.6. The van der Waals surface area contributed by atoms with E-state index in [1.54, 1.807) is 0 Å². The molecule has 0 aliphatic carbocycles. The molecule has 0 radical (unpaired) electrons. The van der Waals surface area contributed by atoms with Gasteiger partial charge < -0.3 is 4.55 Å². The number of carbonyl (C=O) groups is 1. The summed E-state index contributed by atoms with van der Waals surface area (Å²) in [6, 6.07) is 0. The fourth-order valence-electron chi connectivity index (χ4n) is 2.21. The number of alkyl halides is 17. The van der Waals surface area contributed by atoms with Crippen molar-refractivity contribution in [2.75, 3.05) is 12.0 Å². The van der Waals surface area contributed by atoms with E-state index in [0.717, 1.165) is 25.0 Å². The molecule has 0 rings (SSSR count). The highest BCUT2D eigenvalue weighted by atomic mass is 32.2. The van der Waals surface area contributed by atoms with Crippen LogP contribution in [-0.4, -0.2) is 82.5 Å². The number of hydrogen-bond donors (Lipinski definition) is 0. The molecule has 0 fully saturated rings. The zero-order valence-corrected chi connectivity index (χ0v) is 23.3. The summed E-state index contributed by atoms with van der Waals surface area (Å²) in [7, 11) is -7.91. The highest BCUT2D eigenvalue weighted by Gasteiger charge is 2.95. The van der Waals surface area contributed by atoms with Crippen molar-refractivity contribution >= 4 is 26.8 Å². The molecular weight excluding hydrogens is 679 g/mol. The first-order valence-corrected chi connectivity index (χ1v) is 13.9. The number of halogens is 17. The third-order valence-electron chi connectivity index (χ3n) is 5.24. The molecular formula is C19H23F17O4S2. The second-order valence-corrected chi connectivity index (χ2v) is 13.7. The van der Waals surface area contributed by atoms with Gasteiger partial charge in [-0.2, -0.15) is 74.6 Å². The highest BCUT2D eigenvalue weighted by molar-refractivity contribution is 7.98. The lowest BCUT2D eigenvalue weighted by Crippen LogP contribution is -2.75. The van der Waals surface area contributed by atoms with Crippen LogP contribution >= 0.6 is 0 Å². The zero-order valence-electron chi connectivity index (χ0n) is 21.7. The van der Waals surface area contributed by atoms with Crippen molar-refractivity contribution < 1.29 is 92.4 Å². The van der Waals surface area contributed by atoms with Crippen LogP contribution in [0.1, 0.15) is 47.0 Å². The Morgan fingerprint density at radius 1 is 0.643 bits per heavy atom. The Bertz CT molecular complexity index is 1030. The molecule has 0 aromatic heterocycles. The molecule has 0 saturated carbocycles. The average molecular weight is 702 g/mol. The van der Waals surface area contributed by atoms with Crippen molar-refractivity contribution in [3.8, 4) is 0 Å². The zero-order chi connectivity index (χ0) is 35.0. The van der Waals surface area contributed by atoms with Crippen molar-refractivity contribution in [3.05, 3.63) is 0 Å². The minimum atomic E-state index is -8.92. The Labute approximate surface area is 230 Å². The van der Waals surface area contributed by atoms with Crippen LogP contribution in [0.2, 0.25) is 0 Å². The lowest BCUT2D eigenvalue weighted by Gasteiger charge is -2.42. The summed E-state index contributed by atoms with van der Waals surface area (Å²) >= 11 is 0. The van der Waals surface area contributed by atoms with Crippen LogP contribution in [-0.2, 0) is 25.8 Å². The first-order valence-electron chi connectivity index (χ1n) is 10.7. The quantitative estimate of drug-likeness (QED) is 0.122. The molecule has 0 amide bonds. The molecule has 0 aromatic rings. The van der Waals surface area contributed by atoms with Crippen LogP contribution in [0.15, 0.2) is 0 Å². The lowest BCUT2D eigenvalue weighted by molar-refractivity contribution is -0.458. The van der Waals surface area contributed by atoms with Gasteiger partial charge in [0.2, 0.25) is 0 Å². The van der Waals surface area contributed by atoms with E-state index in [1.807, 2.05) is 0 Å². The van der Waals surface area contributed by atoms with Crippen molar-refractivity contribution in [1.29, 1.82) is 0 Å². The normalized spacial score (nSPS) is 16.1. The van der Waals surface area contributed by atoms with Gasteiger partial charge in [0.05, 0.1) is 6.26 Å². The van der Waals surface area contributed by atoms with Crippen LogP contribution in [0.25, 0.3) is 0 Å². The van der Waals surface area contributed by atoms with Crippen LogP contribution in [0, 0.1) is 0 Å². The molecule has 1 atom stereocenters. The summed E-state index contributed by atoms with van der Waals surface area (Å²) < 4.78 is 244. The minimum Gasteiger partial charge on any atom is -0.743 e. The van der Waals surface area contributed by atoms with Gasteiger partial charge in [-0.3, -0.25) is 4.79 Å². The van der Waals surface area contributed by atoms with E-state index >= 15 is 0 Å². The van der Waals surface area contributed by atoms with E-state index in [1.165, 1.54) is 0 Å². The largest absolute Gasteiger partial charge is 0.743 e. The molecule has 0 aliphatic rings. The van der Waals surface area contributed by atoms with Gasteiger partial charge in [0.1, 0.15) is 4.75 Å². The summed E-state index contributed by atoms with van der Waals surface area (Å²) in [4.78, 5) is 11.5. The number of ketones is 1. The van der Waals surface area contributed by atoms with Crippen molar-refractivity contribution in [2.45, 2.75) is 98.7 Å². The maximum absolute atomic E-state index is 13.0. The van der Waals surface area contributed by atoms with Gasteiger partial charge in [0.15, 0.2) is 21.7 Å². The Morgan fingerprint density at radius 3 is 1.21 bits per heavy atom. The maximum Gasteiger partial charge on any atom is 0.460 e. The number of hydrogen-bond acceptors (Lipinski definition) is 4. The molecule has 4 nitrogen and oxygen atoms in total. The molecule has 0 bridgehead atoms. The molecule has 0 N–H and O–H groups in total. The Balaban J connectivity index is 0. The van der Waals surface area contributed by atoms with Crippen molar-refractivity contribution in [2.24, 2.45) is 0 Å². The van der Waals surface area contributed by atoms with E-state index in [9.17, 15) is 92.4 Å². The number of unbranched alkanes of at least 4 members (excludes halogenated alkanes) is 1. The number of rotatable bonds is 12. The van der Waals surface area contributed by atoms with Gasteiger partial charge in [-0.15, -0.1) is 0 Å². The van der Waals surface area contributed by atoms with Crippen LogP contribution in [0.4, 0.5) is 74.6 Å². The van der Waals surface area contributed by atoms with Crippen LogP contribution in [0.3, 0.4) is 0 Å². The SMILES string of the molecule is CCCCC(=O)C[S+](C)C(C)(C)C.O=S(=O)([O-])C(F)(F)C(F)(F)C(F)(F)C(F)(F)C(F)(F)C(F)(F)C(F)(F)C(F)(F)F. The molecule has 1 unspecified atom stereocenters. The van der Waals surface area contributed by atoms with Gasteiger partial charge in [0, 0.05) is 6.42 Å². The van der Waals surface area contributed by atoms with E-state index in [0.29, 0.717) is 10.5 Å². The molecule has 254 valence electrons. The van der Waals surface area contributed by atoms with Gasteiger partial charge in [-0.05, 0) is 38.1 Å². The van der Waals surface area contributed by atoms with E-state index in [2.05, 4.69) is 34.0 Å².